The average molecular weight is 386 g/mol. The van der Waals surface area contributed by atoms with Gasteiger partial charge in [-0.1, -0.05) is 12.1 Å². The first-order chi connectivity index (χ1) is 11.2. The molecule has 2 heterocycles. The second-order valence-corrected chi connectivity index (χ2v) is 6.98. The zero-order valence-electron chi connectivity index (χ0n) is 13.3. The van der Waals surface area contributed by atoms with Gasteiger partial charge in [0.1, 0.15) is 0 Å². The number of halogens is 1. The van der Waals surface area contributed by atoms with Crippen LogP contribution in [0, 0.1) is 0 Å². The zero-order valence-corrected chi connectivity index (χ0v) is 15.7. The normalized spacial score (nSPS) is 17.1. The number of hydrogen-bond donors (Lipinski definition) is 2. The molecule has 3 rings (SSSR count). The van der Waals surface area contributed by atoms with Gasteiger partial charge in [0.05, 0.1) is 18.9 Å². The lowest BCUT2D eigenvalue weighted by Crippen LogP contribution is -2.43. The molecule has 1 aromatic heterocycles. The van der Waals surface area contributed by atoms with E-state index in [4.69, 9.17) is 4.74 Å². The highest BCUT2D eigenvalue weighted by Gasteiger charge is 2.17. The van der Waals surface area contributed by atoms with E-state index in [1.165, 1.54) is 16.2 Å². The number of nitrogens with one attached hydrogen (secondary N) is 2. The summed E-state index contributed by atoms with van der Waals surface area (Å²) >= 11 is 3.16. The van der Waals surface area contributed by atoms with E-state index in [1.54, 1.807) is 11.8 Å². The quantitative estimate of drug-likeness (QED) is 0.773. The molecule has 1 atom stereocenters. The molecule has 5 nitrogen and oxygen atoms in total. The number of morpholine rings is 1. The molecule has 2 N–H and O–H groups in total. The number of anilines is 1. The van der Waals surface area contributed by atoms with E-state index in [1.807, 2.05) is 5.38 Å². The molecule has 130 valence electrons. The highest BCUT2D eigenvalue weighted by Crippen LogP contribution is 2.26. The number of aromatic nitrogens is 1. The smallest absolute Gasteiger partial charge is 0.227 e. The highest BCUT2D eigenvalue weighted by molar-refractivity contribution is 7.98. The molecule has 0 radical (unpaired) electrons. The Balaban J connectivity index is 0.00000208. The molecule has 1 aliphatic rings. The van der Waals surface area contributed by atoms with E-state index < -0.39 is 0 Å². The topological polar surface area (TPSA) is 63.2 Å². The molecule has 1 aliphatic heterocycles. The summed E-state index contributed by atoms with van der Waals surface area (Å²) in [5, 5.41) is 8.74. The fourth-order valence-electron chi connectivity index (χ4n) is 2.37. The van der Waals surface area contributed by atoms with Crippen LogP contribution in [0.15, 0.2) is 34.5 Å². The fraction of sp³-hybridized carbons (Fsp3) is 0.375. The maximum atomic E-state index is 12.1. The summed E-state index contributed by atoms with van der Waals surface area (Å²) in [5.74, 6) is -0.0355. The molecule has 1 saturated heterocycles. The summed E-state index contributed by atoms with van der Waals surface area (Å²) in [4.78, 5) is 17.8. The van der Waals surface area contributed by atoms with E-state index in [9.17, 15) is 4.79 Å². The predicted molar refractivity (Wildman–Crippen MR) is 102 cm³/mol. The SMILES string of the molecule is CSc1ccc(-c2csc(NC(=O)CC3COCCN3)n2)cc1.Cl. The van der Waals surface area contributed by atoms with Crippen molar-refractivity contribution in [3.8, 4) is 11.3 Å². The second-order valence-electron chi connectivity index (χ2n) is 5.24. The van der Waals surface area contributed by atoms with Crippen molar-refractivity contribution in [2.45, 2.75) is 17.4 Å². The van der Waals surface area contributed by atoms with Crippen LogP contribution >= 0.6 is 35.5 Å². The van der Waals surface area contributed by atoms with Gasteiger partial charge in [-0.3, -0.25) is 4.79 Å². The molecule has 0 spiro atoms. The molecule has 8 heteroatoms. The van der Waals surface area contributed by atoms with Crippen molar-refractivity contribution < 1.29 is 9.53 Å². The van der Waals surface area contributed by atoms with Gasteiger partial charge in [0, 0.05) is 34.8 Å². The number of carbonyl (C=O) groups is 1. The van der Waals surface area contributed by atoms with E-state index in [0.717, 1.165) is 17.8 Å². The lowest BCUT2D eigenvalue weighted by molar-refractivity contribution is -0.117. The van der Waals surface area contributed by atoms with Crippen molar-refractivity contribution in [1.29, 1.82) is 0 Å². The van der Waals surface area contributed by atoms with Crippen LogP contribution in [0.4, 0.5) is 5.13 Å². The average Bonchev–Trinajstić information content (AvgIpc) is 3.04. The number of rotatable bonds is 5. The van der Waals surface area contributed by atoms with Gasteiger partial charge in [-0.25, -0.2) is 4.98 Å². The summed E-state index contributed by atoms with van der Waals surface area (Å²) in [6, 6.07) is 8.34. The summed E-state index contributed by atoms with van der Waals surface area (Å²) in [7, 11) is 0. The molecule has 24 heavy (non-hydrogen) atoms. The minimum Gasteiger partial charge on any atom is -0.378 e. The number of carbonyl (C=O) groups excluding carboxylic acids is 1. The first-order valence-corrected chi connectivity index (χ1v) is 9.56. The number of hydrogen-bond acceptors (Lipinski definition) is 6. The van der Waals surface area contributed by atoms with Crippen LogP contribution in [0.3, 0.4) is 0 Å². The molecule has 2 aromatic rings. The third-order valence-electron chi connectivity index (χ3n) is 3.57. The van der Waals surface area contributed by atoms with E-state index in [-0.39, 0.29) is 24.4 Å². The number of amides is 1. The van der Waals surface area contributed by atoms with E-state index in [2.05, 4.69) is 46.1 Å². The van der Waals surface area contributed by atoms with Crippen LogP contribution in [0.25, 0.3) is 11.3 Å². The second kappa shape index (κ2) is 9.39. The van der Waals surface area contributed by atoms with Crippen molar-refractivity contribution in [2.24, 2.45) is 0 Å². The fourth-order valence-corrected chi connectivity index (χ4v) is 3.51. The van der Waals surface area contributed by atoms with Crippen molar-refractivity contribution >= 4 is 46.5 Å². The number of thioether (sulfide) groups is 1. The highest BCUT2D eigenvalue weighted by atomic mass is 35.5. The van der Waals surface area contributed by atoms with Crippen molar-refractivity contribution in [3.63, 3.8) is 0 Å². The Kier molecular flexibility index (Phi) is 7.51. The summed E-state index contributed by atoms with van der Waals surface area (Å²) in [6.45, 7) is 2.09. The standard InChI is InChI=1S/C16H19N3O2S2.ClH/c1-22-13-4-2-11(3-5-13)14-10-23-16(18-14)19-15(20)8-12-9-21-7-6-17-12;/h2-5,10,12,17H,6-9H2,1H3,(H,18,19,20);1H. The minimum atomic E-state index is -0.0355. The first-order valence-electron chi connectivity index (χ1n) is 7.45. The molecule has 1 aromatic carbocycles. The van der Waals surface area contributed by atoms with Crippen LogP contribution in [0.5, 0.6) is 0 Å². The maximum absolute atomic E-state index is 12.1. The van der Waals surface area contributed by atoms with Gasteiger partial charge < -0.3 is 15.4 Å². The van der Waals surface area contributed by atoms with Crippen molar-refractivity contribution in [3.05, 3.63) is 29.6 Å². The Bertz CT molecular complexity index is 658. The molecular formula is C16H20ClN3O2S2. The van der Waals surface area contributed by atoms with E-state index >= 15 is 0 Å². The molecule has 0 aliphatic carbocycles. The van der Waals surface area contributed by atoms with Crippen molar-refractivity contribution in [2.75, 3.05) is 31.3 Å². The molecular weight excluding hydrogens is 366 g/mol. The predicted octanol–water partition coefficient (Wildman–Crippen LogP) is 3.27. The van der Waals surface area contributed by atoms with Crippen LogP contribution in [-0.2, 0) is 9.53 Å². The number of thiazole rings is 1. The van der Waals surface area contributed by atoms with E-state index in [0.29, 0.717) is 24.8 Å². The van der Waals surface area contributed by atoms with Gasteiger partial charge in [0.2, 0.25) is 5.91 Å². The van der Waals surface area contributed by atoms with Crippen molar-refractivity contribution in [1.82, 2.24) is 10.3 Å². The molecule has 0 bridgehead atoms. The third kappa shape index (κ3) is 5.19. The Morgan fingerprint density at radius 2 is 2.25 bits per heavy atom. The zero-order chi connectivity index (χ0) is 16.1. The first kappa shape index (κ1) is 19.2. The van der Waals surface area contributed by atoms with Crippen LogP contribution in [0.1, 0.15) is 6.42 Å². The number of benzene rings is 1. The lowest BCUT2D eigenvalue weighted by Gasteiger charge is -2.22. The Hall–Kier alpha value is -1.12. The van der Waals surface area contributed by atoms with Crippen LogP contribution in [0.2, 0.25) is 0 Å². The molecule has 0 saturated carbocycles. The van der Waals surface area contributed by atoms with Gasteiger partial charge in [-0.15, -0.1) is 35.5 Å². The largest absolute Gasteiger partial charge is 0.378 e. The van der Waals surface area contributed by atoms with Crippen LogP contribution in [-0.4, -0.2) is 42.9 Å². The lowest BCUT2D eigenvalue weighted by atomic mass is 10.2. The number of nitrogens with zero attached hydrogens (tertiary/aromatic N) is 1. The molecule has 1 amide bonds. The van der Waals surface area contributed by atoms with Gasteiger partial charge >= 0.3 is 0 Å². The monoisotopic (exact) mass is 385 g/mol. The van der Waals surface area contributed by atoms with Crippen LogP contribution < -0.4 is 10.6 Å². The summed E-state index contributed by atoms with van der Waals surface area (Å²) in [5.41, 5.74) is 1.94. The van der Waals surface area contributed by atoms with Gasteiger partial charge in [-0.2, -0.15) is 0 Å². The summed E-state index contributed by atoms with van der Waals surface area (Å²) < 4.78 is 5.36. The third-order valence-corrected chi connectivity index (χ3v) is 5.07. The molecule has 1 unspecified atom stereocenters. The molecule has 1 fully saturated rings. The Labute approximate surface area is 156 Å². The Morgan fingerprint density at radius 1 is 1.46 bits per heavy atom. The van der Waals surface area contributed by atoms with Gasteiger partial charge in [-0.05, 0) is 18.4 Å². The summed E-state index contributed by atoms with van der Waals surface area (Å²) in [6.07, 6.45) is 2.45. The minimum absolute atomic E-state index is 0. The number of ether oxygens (including phenoxy) is 1. The maximum Gasteiger partial charge on any atom is 0.227 e. The van der Waals surface area contributed by atoms with Gasteiger partial charge in [0.25, 0.3) is 0 Å². The Morgan fingerprint density at radius 3 is 2.92 bits per heavy atom. The van der Waals surface area contributed by atoms with Gasteiger partial charge in [0.15, 0.2) is 5.13 Å².